The van der Waals surface area contributed by atoms with Gasteiger partial charge in [0, 0.05) is 25.0 Å². The van der Waals surface area contributed by atoms with E-state index in [1.54, 1.807) is 26.1 Å². The molecule has 0 radical (unpaired) electrons. The van der Waals surface area contributed by atoms with Crippen molar-refractivity contribution in [2.24, 2.45) is 5.10 Å². The molecule has 2 rings (SSSR count). The van der Waals surface area contributed by atoms with E-state index in [-0.39, 0.29) is 12.2 Å². The summed E-state index contributed by atoms with van der Waals surface area (Å²) in [4.78, 5) is 14.2. The van der Waals surface area contributed by atoms with Crippen molar-refractivity contribution >= 4 is 11.9 Å². The Morgan fingerprint density at radius 1 is 1.33 bits per heavy atom. The second-order valence-corrected chi connectivity index (χ2v) is 5.55. The summed E-state index contributed by atoms with van der Waals surface area (Å²) in [6, 6.07) is 11.3. The molecule has 0 bridgehead atoms. The first-order valence-corrected chi connectivity index (χ1v) is 7.57. The fraction of sp³-hybridized carbons (Fsp3) is 0.278. The molecule has 6 heteroatoms. The number of pyridine rings is 1. The molecule has 0 atom stereocenters. The van der Waals surface area contributed by atoms with Crippen LogP contribution in [-0.4, -0.2) is 36.2 Å². The lowest BCUT2D eigenvalue weighted by atomic mass is 10.1. The number of nitrogens with zero attached hydrogens (tertiary/aromatic N) is 4. The number of nitriles is 1. The highest BCUT2D eigenvalue weighted by Crippen LogP contribution is 2.12. The second-order valence-electron chi connectivity index (χ2n) is 5.55. The van der Waals surface area contributed by atoms with Crippen LogP contribution in [0.4, 0.5) is 5.69 Å². The first kappa shape index (κ1) is 17.4. The molecule has 0 spiro atoms. The molecule has 0 amide bonds. The van der Waals surface area contributed by atoms with E-state index in [1.165, 1.54) is 4.68 Å². The summed E-state index contributed by atoms with van der Waals surface area (Å²) < 4.78 is 1.23. The number of aliphatic hydroxyl groups excluding tert-OH is 1. The van der Waals surface area contributed by atoms with Crippen LogP contribution in [0.15, 0.2) is 40.2 Å². The third-order valence-corrected chi connectivity index (χ3v) is 3.76. The Labute approximate surface area is 140 Å². The van der Waals surface area contributed by atoms with E-state index in [2.05, 4.69) is 5.10 Å². The molecule has 124 valence electrons. The number of aryl methyl sites for hydroxylation is 2. The lowest BCUT2D eigenvalue weighted by molar-refractivity contribution is 0.304. The summed E-state index contributed by atoms with van der Waals surface area (Å²) in [5, 5.41) is 22.3. The Balaban J connectivity index is 2.29. The molecular formula is C18H20N4O2. The predicted octanol–water partition coefficient (Wildman–Crippen LogP) is 1.65. The SMILES string of the molecule is Cc1cc(C)n(N=Cc2ccc(N(C)CCO)cc2)c(=O)c1C#N. The quantitative estimate of drug-likeness (QED) is 0.848. The van der Waals surface area contributed by atoms with Crippen LogP contribution in [0.2, 0.25) is 0 Å². The zero-order valence-electron chi connectivity index (χ0n) is 14.0. The van der Waals surface area contributed by atoms with Crippen LogP contribution >= 0.6 is 0 Å². The number of hydrogen-bond donors (Lipinski definition) is 1. The summed E-state index contributed by atoms with van der Waals surface area (Å²) in [6.45, 7) is 4.17. The lowest BCUT2D eigenvalue weighted by Gasteiger charge is -2.17. The van der Waals surface area contributed by atoms with E-state index in [0.717, 1.165) is 11.3 Å². The Hall–Kier alpha value is -2.91. The van der Waals surface area contributed by atoms with Crippen molar-refractivity contribution in [1.29, 1.82) is 5.26 Å². The standard InChI is InChI=1S/C18H20N4O2/c1-13-10-14(2)22(18(24)17(13)11-19)20-12-15-4-6-16(7-5-15)21(3)8-9-23/h4-7,10,12,23H,8-9H2,1-3H3. The zero-order valence-corrected chi connectivity index (χ0v) is 14.0. The molecule has 1 aromatic heterocycles. The Morgan fingerprint density at radius 2 is 2.00 bits per heavy atom. The monoisotopic (exact) mass is 324 g/mol. The minimum absolute atomic E-state index is 0.0938. The molecule has 0 unspecified atom stereocenters. The highest BCUT2D eigenvalue weighted by Gasteiger charge is 2.08. The fourth-order valence-corrected chi connectivity index (χ4v) is 2.38. The van der Waals surface area contributed by atoms with Crippen LogP contribution in [0.25, 0.3) is 0 Å². The largest absolute Gasteiger partial charge is 0.395 e. The number of aliphatic hydroxyl groups is 1. The van der Waals surface area contributed by atoms with Crippen LogP contribution in [0.5, 0.6) is 0 Å². The Kier molecular flexibility index (Phi) is 5.51. The third-order valence-electron chi connectivity index (χ3n) is 3.76. The number of hydrogen-bond acceptors (Lipinski definition) is 5. The lowest BCUT2D eigenvalue weighted by Crippen LogP contribution is -2.22. The van der Waals surface area contributed by atoms with Gasteiger partial charge in [0.2, 0.25) is 0 Å². The van der Waals surface area contributed by atoms with Crippen molar-refractivity contribution in [2.75, 3.05) is 25.1 Å². The smallest absolute Gasteiger partial charge is 0.289 e. The van der Waals surface area contributed by atoms with Gasteiger partial charge in [-0.1, -0.05) is 12.1 Å². The molecule has 6 nitrogen and oxygen atoms in total. The average Bonchev–Trinajstić information content (AvgIpc) is 2.55. The highest BCUT2D eigenvalue weighted by molar-refractivity contribution is 5.80. The first-order valence-electron chi connectivity index (χ1n) is 7.57. The molecule has 1 heterocycles. The summed E-state index contributed by atoms with van der Waals surface area (Å²) in [5.41, 5.74) is 2.84. The number of rotatable bonds is 5. The van der Waals surface area contributed by atoms with Crippen LogP contribution in [0, 0.1) is 25.2 Å². The maximum atomic E-state index is 12.3. The number of aromatic nitrogens is 1. The molecule has 0 saturated carbocycles. The maximum Gasteiger partial charge on any atom is 0.289 e. The van der Waals surface area contributed by atoms with Gasteiger partial charge < -0.3 is 10.0 Å². The third kappa shape index (κ3) is 3.70. The molecular weight excluding hydrogens is 304 g/mol. The molecule has 1 aromatic carbocycles. The first-order chi connectivity index (χ1) is 11.5. The molecule has 0 fully saturated rings. The van der Waals surface area contributed by atoms with E-state index in [9.17, 15) is 4.79 Å². The average molecular weight is 324 g/mol. The molecule has 0 saturated heterocycles. The van der Waals surface area contributed by atoms with Crippen LogP contribution in [-0.2, 0) is 0 Å². The van der Waals surface area contributed by atoms with E-state index < -0.39 is 5.56 Å². The van der Waals surface area contributed by atoms with Crippen LogP contribution < -0.4 is 10.5 Å². The normalized spacial score (nSPS) is 10.8. The van der Waals surface area contributed by atoms with Crippen molar-refractivity contribution in [1.82, 2.24) is 4.68 Å². The molecule has 2 aromatic rings. The summed E-state index contributed by atoms with van der Waals surface area (Å²) in [5.74, 6) is 0. The maximum absolute atomic E-state index is 12.3. The number of likely N-dealkylation sites (N-methyl/N-ethyl adjacent to an activating group) is 1. The van der Waals surface area contributed by atoms with Crippen molar-refractivity contribution in [3.8, 4) is 6.07 Å². The van der Waals surface area contributed by atoms with E-state index in [0.29, 0.717) is 17.8 Å². The Morgan fingerprint density at radius 3 is 2.58 bits per heavy atom. The summed E-state index contributed by atoms with van der Waals surface area (Å²) in [7, 11) is 1.90. The van der Waals surface area contributed by atoms with Gasteiger partial charge in [0.05, 0.1) is 12.8 Å². The number of anilines is 1. The van der Waals surface area contributed by atoms with Gasteiger partial charge in [-0.15, -0.1) is 0 Å². The van der Waals surface area contributed by atoms with Crippen LogP contribution in [0.1, 0.15) is 22.4 Å². The summed E-state index contributed by atoms with van der Waals surface area (Å²) >= 11 is 0. The van der Waals surface area contributed by atoms with Crippen molar-refractivity contribution in [3.63, 3.8) is 0 Å². The Bertz CT molecular complexity index is 845. The van der Waals surface area contributed by atoms with Gasteiger partial charge in [-0.2, -0.15) is 10.4 Å². The van der Waals surface area contributed by atoms with Gasteiger partial charge in [-0.05, 0) is 43.2 Å². The predicted molar refractivity (Wildman–Crippen MR) is 94.7 cm³/mol. The van der Waals surface area contributed by atoms with Gasteiger partial charge >= 0.3 is 0 Å². The van der Waals surface area contributed by atoms with Gasteiger partial charge in [0.1, 0.15) is 11.6 Å². The van der Waals surface area contributed by atoms with Crippen molar-refractivity contribution < 1.29 is 5.11 Å². The minimum Gasteiger partial charge on any atom is -0.395 e. The van der Waals surface area contributed by atoms with E-state index in [1.807, 2.05) is 42.3 Å². The topological polar surface area (TPSA) is 81.6 Å². The van der Waals surface area contributed by atoms with Gasteiger partial charge in [-0.3, -0.25) is 4.79 Å². The van der Waals surface area contributed by atoms with E-state index in [4.69, 9.17) is 10.4 Å². The molecule has 1 N–H and O–H groups in total. The van der Waals surface area contributed by atoms with Gasteiger partial charge in [0.25, 0.3) is 5.56 Å². The highest BCUT2D eigenvalue weighted by atomic mass is 16.3. The van der Waals surface area contributed by atoms with Crippen molar-refractivity contribution in [3.05, 3.63) is 63.1 Å². The minimum atomic E-state index is -0.412. The second kappa shape index (κ2) is 7.57. The fourth-order valence-electron chi connectivity index (χ4n) is 2.38. The number of benzene rings is 1. The molecule has 0 aliphatic rings. The van der Waals surface area contributed by atoms with Crippen LogP contribution in [0.3, 0.4) is 0 Å². The van der Waals surface area contributed by atoms with Gasteiger partial charge in [0.15, 0.2) is 0 Å². The van der Waals surface area contributed by atoms with E-state index >= 15 is 0 Å². The molecule has 0 aliphatic heterocycles. The molecule has 0 aliphatic carbocycles. The van der Waals surface area contributed by atoms with Crippen molar-refractivity contribution in [2.45, 2.75) is 13.8 Å². The zero-order chi connectivity index (χ0) is 17.7. The summed E-state index contributed by atoms with van der Waals surface area (Å²) in [6.07, 6.45) is 1.58. The molecule has 24 heavy (non-hydrogen) atoms. The van der Waals surface area contributed by atoms with Gasteiger partial charge in [-0.25, -0.2) is 4.68 Å².